The van der Waals surface area contributed by atoms with E-state index in [-0.39, 0.29) is 12.4 Å². The van der Waals surface area contributed by atoms with Crippen LogP contribution in [0, 0.1) is 0 Å². The van der Waals surface area contributed by atoms with Crippen molar-refractivity contribution in [2.45, 2.75) is 31.1 Å². The van der Waals surface area contributed by atoms with Crippen molar-refractivity contribution in [3.8, 4) is 0 Å². The Balaban J connectivity index is 2.07. The summed E-state index contributed by atoms with van der Waals surface area (Å²) in [4.78, 5) is 13.7. The van der Waals surface area contributed by atoms with Gasteiger partial charge in [-0.05, 0) is 19.8 Å². The molecule has 0 radical (unpaired) electrons. The van der Waals surface area contributed by atoms with Crippen LogP contribution in [0.15, 0.2) is 0 Å². The van der Waals surface area contributed by atoms with E-state index in [1.165, 1.54) is 0 Å². The number of ether oxygens (including phenoxy) is 1. The summed E-state index contributed by atoms with van der Waals surface area (Å²) >= 11 is 0. The van der Waals surface area contributed by atoms with Crippen molar-refractivity contribution in [1.29, 1.82) is 0 Å². The molecule has 1 saturated carbocycles. The average Bonchev–Trinajstić information content (AvgIpc) is 3.01. The summed E-state index contributed by atoms with van der Waals surface area (Å²) in [6, 6.07) is 0.493. The number of rotatable bonds is 3. The largest absolute Gasteiger partial charge is 0.465 e. The van der Waals surface area contributed by atoms with Crippen LogP contribution < -0.4 is 0 Å². The Kier molecular flexibility index (Phi) is 3.21. The van der Waals surface area contributed by atoms with Crippen LogP contribution in [-0.2, 0) is 19.4 Å². The maximum atomic E-state index is 11.8. The van der Waals surface area contributed by atoms with E-state index in [1.54, 1.807) is 6.92 Å². The fourth-order valence-electron chi connectivity index (χ4n) is 2.03. The SMILES string of the molecule is CCOC(=O)C1CN(C2CC2)CCS1(=O)=O. The number of carbonyl (C=O) groups excluding carboxylic acids is 1. The summed E-state index contributed by atoms with van der Waals surface area (Å²) in [5, 5.41) is -0.971. The minimum atomic E-state index is -3.30. The number of esters is 1. The molecular formula is C10H17NO4S. The van der Waals surface area contributed by atoms with Crippen molar-refractivity contribution in [3.63, 3.8) is 0 Å². The van der Waals surface area contributed by atoms with Gasteiger partial charge in [-0.3, -0.25) is 9.69 Å². The second-order valence-corrected chi connectivity index (χ2v) is 6.64. The molecule has 16 heavy (non-hydrogen) atoms. The van der Waals surface area contributed by atoms with E-state index in [2.05, 4.69) is 4.90 Å². The molecule has 2 fully saturated rings. The third kappa shape index (κ3) is 2.38. The van der Waals surface area contributed by atoms with Gasteiger partial charge in [-0.15, -0.1) is 0 Å². The molecule has 2 rings (SSSR count). The number of sulfone groups is 1. The van der Waals surface area contributed by atoms with Gasteiger partial charge in [0.05, 0.1) is 12.4 Å². The molecule has 5 nitrogen and oxygen atoms in total. The van der Waals surface area contributed by atoms with E-state index >= 15 is 0 Å². The molecule has 6 heteroatoms. The molecule has 0 N–H and O–H groups in total. The van der Waals surface area contributed by atoms with E-state index in [0.717, 1.165) is 12.8 Å². The van der Waals surface area contributed by atoms with Gasteiger partial charge in [0, 0.05) is 19.1 Å². The Hall–Kier alpha value is -0.620. The number of nitrogens with zero attached hydrogens (tertiary/aromatic N) is 1. The standard InChI is InChI=1S/C10H17NO4S/c1-2-15-10(12)9-7-11(8-3-4-8)5-6-16(9,13)14/h8-9H,2-7H2,1H3. The van der Waals surface area contributed by atoms with Crippen LogP contribution in [0.4, 0.5) is 0 Å². The molecule has 0 aromatic carbocycles. The molecule has 1 aliphatic heterocycles. The zero-order valence-corrected chi connectivity index (χ0v) is 10.2. The van der Waals surface area contributed by atoms with Gasteiger partial charge in [0.15, 0.2) is 15.1 Å². The minimum absolute atomic E-state index is 0.0764. The Morgan fingerprint density at radius 3 is 2.69 bits per heavy atom. The monoisotopic (exact) mass is 247 g/mol. The van der Waals surface area contributed by atoms with Gasteiger partial charge < -0.3 is 4.74 Å². The van der Waals surface area contributed by atoms with Crippen LogP contribution in [0.5, 0.6) is 0 Å². The summed E-state index contributed by atoms with van der Waals surface area (Å²) in [5.41, 5.74) is 0. The van der Waals surface area contributed by atoms with Gasteiger partial charge in [-0.25, -0.2) is 8.42 Å². The third-order valence-electron chi connectivity index (χ3n) is 3.11. The van der Waals surface area contributed by atoms with Crippen molar-refractivity contribution in [2.24, 2.45) is 0 Å². The topological polar surface area (TPSA) is 63.7 Å². The summed E-state index contributed by atoms with van der Waals surface area (Å²) in [6.45, 7) is 2.79. The lowest BCUT2D eigenvalue weighted by atomic mass is 10.3. The van der Waals surface area contributed by atoms with Gasteiger partial charge >= 0.3 is 5.97 Å². The fourth-order valence-corrected chi connectivity index (χ4v) is 3.59. The zero-order chi connectivity index (χ0) is 11.8. The number of hydrogen-bond acceptors (Lipinski definition) is 5. The second kappa shape index (κ2) is 4.33. The summed E-state index contributed by atoms with van der Waals surface area (Å²) in [6.07, 6.45) is 2.24. The minimum Gasteiger partial charge on any atom is -0.465 e. The molecule has 0 spiro atoms. The predicted molar refractivity (Wildman–Crippen MR) is 58.8 cm³/mol. The Morgan fingerprint density at radius 2 is 2.12 bits per heavy atom. The highest BCUT2D eigenvalue weighted by atomic mass is 32.2. The lowest BCUT2D eigenvalue weighted by molar-refractivity contribution is -0.143. The first-order chi connectivity index (χ1) is 7.54. The highest BCUT2D eigenvalue weighted by Gasteiger charge is 2.43. The maximum Gasteiger partial charge on any atom is 0.325 e. The van der Waals surface area contributed by atoms with Crippen molar-refractivity contribution in [2.75, 3.05) is 25.4 Å². The molecule has 1 heterocycles. The van der Waals surface area contributed by atoms with Gasteiger partial charge in [-0.2, -0.15) is 0 Å². The molecule has 0 aromatic heterocycles. The molecule has 1 unspecified atom stereocenters. The van der Waals surface area contributed by atoms with Crippen LogP contribution in [-0.4, -0.2) is 56.0 Å². The quantitative estimate of drug-likeness (QED) is 0.647. The van der Waals surface area contributed by atoms with Crippen LogP contribution in [0.25, 0.3) is 0 Å². The van der Waals surface area contributed by atoms with Crippen LogP contribution in [0.2, 0.25) is 0 Å². The van der Waals surface area contributed by atoms with E-state index < -0.39 is 21.1 Å². The van der Waals surface area contributed by atoms with Crippen molar-refractivity contribution in [3.05, 3.63) is 0 Å². The van der Waals surface area contributed by atoms with E-state index in [9.17, 15) is 13.2 Å². The lowest BCUT2D eigenvalue weighted by Crippen LogP contribution is -2.51. The molecule has 92 valence electrons. The average molecular weight is 247 g/mol. The Morgan fingerprint density at radius 1 is 1.44 bits per heavy atom. The summed E-state index contributed by atoms with van der Waals surface area (Å²) < 4.78 is 28.3. The summed E-state index contributed by atoms with van der Waals surface area (Å²) in [5.74, 6) is -0.514. The predicted octanol–water partition coefficient (Wildman–Crippen LogP) is -0.189. The molecule has 1 atom stereocenters. The van der Waals surface area contributed by atoms with Gasteiger partial charge in [-0.1, -0.05) is 0 Å². The molecule has 0 aromatic rings. The molecule has 1 saturated heterocycles. The maximum absolute atomic E-state index is 11.8. The van der Waals surface area contributed by atoms with Crippen LogP contribution >= 0.6 is 0 Å². The van der Waals surface area contributed by atoms with Crippen molar-refractivity contribution in [1.82, 2.24) is 4.90 Å². The first-order valence-corrected chi connectivity index (χ1v) is 7.38. The molecule has 2 aliphatic rings. The molecule has 0 amide bonds. The molecule has 0 bridgehead atoms. The first-order valence-electron chi connectivity index (χ1n) is 5.67. The van der Waals surface area contributed by atoms with Gasteiger partial charge in [0.2, 0.25) is 0 Å². The lowest BCUT2D eigenvalue weighted by Gasteiger charge is -2.31. The van der Waals surface area contributed by atoms with E-state index in [0.29, 0.717) is 19.1 Å². The Labute approximate surface area is 95.7 Å². The highest BCUT2D eigenvalue weighted by molar-refractivity contribution is 7.92. The summed E-state index contributed by atoms with van der Waals surface area (Å²) in [7, 11) is -3.30. The zero-order valence-electron chi connectivity index (χ0n) is 9.39. The second-order valence-electron chi connectivity index (χ2n) is 4.33. The first kappa shape index (κ1) is 11.9. The van der Waals surface area contributed by atoms with Crippen molar-refractivity contribution < 1.29 is 17.9 Å². The third-order valence-corrected chi connectivity index (χ3v) is 5.07. The van der Waals surface area contributed by atoms with E-state index in [4.69, 9.17) is 4.74 Å². The number of hydrogen-bond donors (Lipinski definition) is 0. The fraction of sp³-hybridized carbons (Fsp3) is 0.900. The van der Waals surface area contributed by atoms with Crippen molar-refractivity contribution >= 4 is 15.8 Å². The number of carbonyl (C=O) groups is 1. The van der Waals surface area contributed by atoms with E-state index in [1.807, 2.05) is 0 Å². The van der Waals surface area contributed by atoms with Crippen LogP contribution in [0.3, 0.4) is 0 Å². The molecular weight excluding hydrogens is 230 g/mol. The smallest absolute Gasteiger partial charge is 0.325 e. The van der Waals surface area contributed by atoms with Crippen LogP contribution in [0.1, 0.15) is 19.8 Å². The van der Waals surface area contributed by atoms with Gasteiger partial charge in [0.1, 0.15) is 0 Å². The normalized spacial score (nSPS) is 29.9. The molecule has 1 aliphatic carbocycles. The Bertz CT molecular complexity index is 374. The highest BCUT2D eigenvalue weighted by Crippen LogP contribution is 2.29. The van der Waals surface area contributed by atoms with Gasteiger partial charge in [0.25, 0.3) is 0 Å².